The summed E-state index contributed by atoms with van der Waals surface area (Å²) >= 11 is 1.41. The molecule has 0 bridgehead atoms. The molecule has 2 saturated heterocycles. The molecule has 11 heteroatoms. The van der Waals surface area contributed by atoms with Gasteiger partial charge in [-0.05, 0) is 57.7 Å². The summed E-state index contributed by atoms with van der Waals surface area (Å²) in [4.78, 5) is 43.1. The Morgan fingerprint density at radius 2 is 1.80 bits per heavy atom. The molecule has 218 valence electrons. The van der Waals surface area contributed by atoms with E-state index in [0.717, 1.165) is 37.1 Å². The molecular formula is C30H35F2N5O3S. The van der Waals surface area contributed by atoms with Gasteiger partial charge in [-0.25, -0.2) is 23.7 Å². The Bertz CT molecular complexity index is 1380. The van der Waals surface area contributed by atoms with Crippen LogP contribution >= 0.6 is 11.3 Å². The zero-order valence-corrected chi connectivity index (χ0v) is 24.2. The molecule has 5 rings (SSSR count). The Morgan fingerprint density at radius 3 is 2.44 bits per heavy atom. The summed E-state index contributed by atoms with van der Waals surface area (Å²) in [6, 6.07) is 3.11. The number of hydrogen-bond acceptors (Lipinski definition) is 8. The highest BCUT2D eigenvalue weighted by Gasteiger charge is 2.28. The second kappa shape index (κ2) is 12.7. The fraction of sp³-hybridized carbons (Fsp3) is 0.500. The Labute approximate surface area is 242 Å². The van der Waals surface area contributed by atoms with E-state index in [-0.39, 0.29) is 29.4 Å². The van der Waals surface area contributed by atoms with Gasteiger partial charge in [0.2, 0.25) is 0 Å². The fourth-order valence-corrected chi connectivity index (χ4v) is 6.87. The van der Waals surface area contributed by atoms with Crippen LogP contribution in [0.15, 0.2) is 24.5 Å². The molecule has 1 N–H and O–H groups in total. The smallest absolute Gasteiger partial charge is 0.306 e. The van der Waals surface area contributed by atoms with Gasteiger partial charge in [-0.15, -0.1) is 11.3 Å². The zero-order valence-electron chi connectivity index (χ0n) is 23.4. The minimum Gasteiger partial charge on any atom is -0.481 e. The number of anilines is 1. The summed E-state index contributed by atoms with van der Waals surface area (Å²) in [5.74, 6) is -1.99. The second-order valence-electron chi connectivity index (χ2n) is 11.0. The summed E-state index contributed by atoms with van der Waals surface area (Å²) in [6.07, 6.45) is 8.51. The number of halogens is 2. The standard InChI is InChI=1S/C30H35F2N5O3S/c1-3-5-21-6-4-9-37(21)17-26-29(20-12-22(31)18(2)23(32)13-20)35-28(41-26)14-25(38)24-15-34-27(16-33-24)36-10-7-19(8-11-36)30(39)40/h12-13,15-16,19,21H,3-11,14,17H2,1-2H3,(H,39,40). The molecule has 0 amide bonds. The minimum atomic E-state index is -0.774. The number of carboxylic acids is 1. The predicted octanol–water partition coefficient (Wildman–Crippen LogP) is 5.68. The molecule has 3 aromatic rings. The Morgan fingerprint density at radius 1 is 1.07 bits per heavy atom. The van der Waals surface area contributed by atoms with Crippen LogP contribution in [0.25, 0.3) is 11.3 Å². The number of ketones is 1. The highest BCUT2D eigenvalue weighted by molar-refractivity contribution is 7.12. The van der Waals surface area contributed by atoms with Crippen molar-refractivity contribution in [2.45, 2.75) is 71.4 Å². The van der Waals surface area contributed by atoms with Gasteiger partial charge in [0.15, 0.2) is 5.78 Å². The van der Waals surface area contributed by atoms with Crippen LogP contribution in [0.1, 0.15) is 71.4 Å². The summed E-state index contributed by atoms with van der Waals surface area (Å²) in [5.41, 5.74) is 1.07. The average Bonchev–Trinajstić information content (AvgIpc) is 3.58. The summed E-state index contributed by atoms with van der Waals surface area (Å²) in [7, 11) is 0. The maximum Gasteiger partial charge on any atom is 0.306 e. The van der Waals surface area contributed by atoms with Crippen molar-refractivity contribution in [3.63, 3.8) is 0 Å². The van der Waals surface area contributed by atoms with Crippen molar-refractivity contribution in [2.75, 3.05) is 24.5 Å². The predicted molar refractivity (Wildman–Crippen MR) is 153 cm³/mol. The van der Waals surface area contributed by atoms with Gasteiger partial charge in [0.25, 0.3) is 0 Å². The highest BCUT2D eigenvalue weighted by atomic mass is 32.1. The van der Waals surface area contributed by atoms with Crippen LogP contribution < -0.4 is 4.90 Å². The van der Waals surface area contributed by atoms with E-state index in [2.05, 4.69) is 21.8 Å². The van der Waals surface area contributed by atoms with E-state index < -0.39 is 17.6 Å². The number of carboxylic acid groups (broad SMARTS) is 1. The maximum absolute atomic E-state index is 14.5. The first-order valence-corrected chi connectivity index (χ1v) is 15.1. The molecule has 1 atom stereocenters. The number of nitrogens with zero attached hydrogens (tertiary/aromatic N) is 5. The summed E-state index contributed by atoms with van der Waals surface area (Å²) in [6.45, 7) is 6.30. The largest absolute Gasteiger partial charge is 0.481 e. The lowest BCUT2D eigenvalue weighted by Crippen LogP contribution is -2.36. The van der Waals surface area contributed by atoms with Gasteiger partial charge in [-0.2, -0.15) is 0 Å². The molecule has 0 radical (unpaired) electrons. The minimum absolute atomic E-state index is 0.00487. The number of hydrogen-bond donors (Lipinski definition) is 1. The lowest BCUT2D eigenvalue weighted by atomic mass is 9.97. The van der Waals surface area contributed by atoms with E-state index in [9.17, 15) is 23.5 Å². The van der Waals surface area contributed by atoms with Crippen molar-refractivity contribution in [2.24, 2.45) is 5.92 Å². The number of piperidine rings is 1. The third kappa shape index (κ3) is 6.62. The normalized spacial score (nSPS) is 18.2. The van der Waals surface area contributed by atoms with E-state index in [1.807, 2.05) is 4.90 Å². The molecule has 2 aliphatic heterocycles. The first-order chi connectivity index (χ1) is 19.7. The monoisotopic (exact) mass is 583 g/mol. The zero-order chi connectivity index (χ0) is 29.1. The van der Waals surface area contributed by atoms with Crippen molar-refractivity contribution in [3.8, 4) is 11.3 Å². The molecule has 1 unspecified atom stereocenters. The second-order valence-corrected chi connectivity index (χ2v) is 12.1. The molecule has 41 heavy (non-hydrogen) atoms. The van der Waals surface area contributed by atoms with Gasteiger partial charge < -0.3 is 10.0 Å². The molecule has 0 spiro atoms. The average molecular weight is 584 g/mol. The van der Waals surface area contributed by atoms with Crippen LogP contribution in [0.3, 0.4) is 0 Å². The number of rotatable bonds is 10. The van der Waals surface area contributed by atoms with Gasteiger partial charge in [-0.1, -0.05) is 13.3 Å². The molecule has 2 fully saturated rings. The van der Waals surface area contributed by atoms with E-state index >= 15 is 0 Å². The van der Waals surface area contributed by atoms with Gasteiger partial charge >= 0.3 is 5.97 Å². The van der Waals surface area contributed by atoms with Crippen LogP contribution in [-0.2, 0) is 17.8 Å². The van der Waals surface area contributed by atoms with E-state index in [1.165, 1.54) is 36.6 Å². The van der Waals surface area contributed by atoms with E-state index in [0.29, 0.717) is 60.6 Å². The Kier molecular flexibility index (Phi) is 9.03. The maximum atomic E-state index is 14.5. The van der Waals surface area contributed by atoms with Crippen molar-refractivity contribution in [1.29, 1.82) is 0 Å². The van der Waals surface area contributed by atoms with Crippen molar-refractivity contribution in [1.82, 2.24) is 19.9 Å². The summed E-state index contributed by atoms with van der Waals surface area (Å²) in [5, 5.41) is 9.78. The van der Waals surface area contributed by atoms with E-state index in [4.69, 9.17) is 4.98 Å². The molecule has 2 aliphatic rings. The number of Topliss-reactive ketones (excluding diaryl/α,β-unsaturated/α-hetero) is 1. The van der Waals surface area contributed by atoms with Gasteiger partial charge in [-0.3, -0.25) is 14.5 Å². The first-order valence-electron chi connectivity index (χ1n) is 14.2. The number of aromatic nitrogens is 3. The number of carbonyl (C=O) groups excluding carboxylic acids is 1. The Hall–Kier alpha value is -3.31. The third-order valence-corrected chi connectivity index (χ3v) is 9.21. The van der Waals surface area contributed by atoms with E-state index in [1.54, 1.807) is 6.20 Å². The van der Waals surface area contributed by atoms with Crippen LogP contribution in [0.5, 0.6) is 0 Å². The number of carbonyl (C=O) groups is 2. The van der Waals surface area contributed by atoms with Crippen LogP contribution in [0.2, 0.25) is 0 Å². The third-order valence-electron chi connectivity index (χ3n) is 8.17. The van der Waals surface area contributed by atoms with Crippen LogP contribution in [0.4, 0.5) is 14.6 Å². The van der Waals surface area contributed by atoms with Crippen molar-refractivity contribution >= 4 is 28.9 Å². The molecule has 4 heterocycles. The lowest BCUT2D eigenvalue weighted by molar-refractivity contribution is -0.142. The molecule has 8 nitrogen and oxygen atoms in total. The molecule has 1 aromatic carbocycles. The number of aliphatic carboxylic acids is 1. The highest BCUT2D eigenvalue weighted by Crippen LogP contribution is 2.34. The Balaban J connectivity index is 1.34. The van der Waals surface area contributed by atoms with Crippen molar-refractivity contribution in [3.05, 3.63) is 57.3 Å². The van der Waals surface area contributed by atoms with Gasteiger partial charge in [0, 0.05) is 41.7 Å². The van der Waals surface area contributed by atoms with Crippen LogP contribution in [0, 0.1) is 24.5 Å². The van der Waals surface area contributed by atoms with Gasteiger partial charge in [0.1, 0.15) is 28.2 Å². The lowest BCUT2D eigenvalue weighted by Gasteiger charge is -2.30. The fourth-order valence-electron chi connectivity index (χ4n) is 5.75. The number of thiazole rings is 1. The molecule has 0 aliphatic carbocycles. The van der Waals surface area contributed by atoms with Gasteiger partial charge in [0.05, 0.1) is 30.4 Å². The SMILES string of the molecule is CCCC1CCCN1Cc1sc(CC(=O)c2cnc(N3CCC(C(=O)O)CC3)cn2)nc1-c1cc(F)c(C)c(F)c1. The first kappa shape index (κ1) is 29.2. The number of likely N-dealkylation sites (tertiary alicyclic amines) is 1. The number of benzene rings is 1. The molecular weight excluding hydrogens is 548 g/mol. The quantitative estimate of drug-likeness (QED) is 0.305. The molecule has 2 aromatic heterocycles. The topological polar surface area (TPSA) is 99.5 Å². The summed E-state index contributed by atoms with van der Waals surface area (Å²) < 4.78 is 29.0. The van der Waals surface area contributed by atoms with Crippen molar-refractivity contribution < 1.29 is 23.5 Å². The molecule has 0 saturated carbocycles. The van der Waals surface area contributed by atoms with Crippen LogP contribution in [-0.4, -0.2) is 62.4 Å².